The Hall–Kier alpha value is -3.56. The van der Waals surface area contributed by atoms with Crippen molar-refractivity contribution in [3.05, 3.63) is 83.7 Å². The molecular weight excluding hydrogens is 469 g/mol. The molecule has 3 aromatic carbocycles. The van der Waals surface area contributed by atoms with E-state index in [1.54, 1.807) is 36.4 Å². The molecule has 4 rings (SSSR count). The first-order valence-corrected chi connectivity index (χ1v) is 12.0. The average molecular weight is 496 g/mol. The van der Waals surface area contributed by atoms with Gasteiger partial charge in [0.15, 0.2) is 11.5 Å². The Morgan fingerprint density at radius 2 is 1.83 bits per heavy atom. The Labute approximate surface area is 207 Å². The van der Waals surface area contributed by atoms with Crippen LogP contribution in [0.1, 0.15) is 22.0 Å². The van der Waals surface area contributed by atoms with E-state index in [0.717, 1.165) is 5.56 Å². The van der Waals surface area contributed by atoms with Crippen molar-refractivity contribution < 1.29 is 23.5 Å². The molecule has 9 heteroatoms. The van der Waals surface area contributed by atoms with Crippen LogP contribution in [0, 0.1) is 5.82 Å². The maximum Gasteiger partial charge on any atom is 0.252 e. The fourth-order valence-electron chi connectivity index (χ4n) is 3.69. The highest BCUT2D eigenvalue weighted by Gasteiger charge is 2.19. The normalized spacial score (nSPS) is 12.9. The zero-order valence-electron chi connectivity index (χ0n) is 19.4. The molecule has 7 nitrogen and oxygen atoms in total. The molecule has 0 radical (unpaired) electrons. The summed E-state index contributed by atoms with van der Waals surface area (Å²) in [6.07, 6.45) is 0. The minimum atomic E-state index is -0.318. The Bertz CT molecular complexity index is 1220. The SMILES string of the molecule is CN(C)[C@@H](CNC(=O)c1ccccc1SCC(=O)Nc1ccc2c(c1)OCO2)c1cccc(F)c1. The molecular formula is C26H26FN3O4S. The van der Waals surface area contributed by atoms with Crippen LogP contribution in [0.15, 0.2) is 71.6 Å². The molecule has 1 aliphatic heterocycles. The number of benzene rings is 3. The Balaban J connectivity index is 1.36. The minimum absolute atomic E-state index is 0.127. The number of nitrogens with one attached hydrogen (secondary N) is 2. The van der Waals surface area contributed by atoms with Gasteiger partial charge in [-0.25, -0.2) is 4.39 Å². The largest absolute Gasteiger partial charge is 0.454 e. The summed E-state index contributed by atoms with van der Waals surface area (Å²) in [5, 5.41) is 5.78. The van der Waals surface area contributed by atoms with Gasteiger partial charge in [0.1, 0.15) is 5.82 Å². The van der Waals surface area contributed by atoms with Gasteiger partial charge in [-0.15, -0.1) is 11.8 Å². The number of nitrogens with zero attached hydrogens (tertiary/aromatic N) is 1. The molecule has 182 valence electrons. The molecule has 0 bridgehead atoms. The average Bonchev–Trinajstić information content (AvgIpc) is 3.31. The van der Waals surface area contributed by atoms with E-state index in [0.29, 0.717) is 34.2 Å². The summed E-state index contributed by atoms with van der Waals surface area (Å²) in [5.74, 6) is 0.581. The number of thioether (sulfide) groups is 1. The van der Waals surface area contributed by atoms with Crippen molar-refractivity contribution in [3.63, 3.8) is 0 Å². The van der Waals surface area contributed by atoms with E-state index >= 15 is 0 Å². The number of hydrogen-bond acceptors (Lipinski definition) is 6. The number of rotatable bonds is 9. The van der Waals surface area contributed by atoms with E-state index in [2.05, 4.69) is 10.6 Å². The summed E-state index contributed by atoms with van der Waals surface area (Å²) in [5.41, 5.74) is 1.86. The van der Waals surface area contributed by atoms with Gasteiger partial charge in [-0.3, -0.25) is 9.59 Å². The molecule has 2 N–H and O–H groups in total. The molecule has 2 amide bonds. The number of carbonyl (C=O) groups is 2. The molecule has 1 aliphatic rings. The lowest BCUT2D eigenvalue weighted by molar-refractivity contribution is -0.113. The van der Waals surface area contributed by atoms with Crippen LogP contribution in [0.3, 0.4) is 0 Å². The summed E-state index contributed by atoms with van der Waals surface area (Å²) in [6, 6.07) is 18.5. The van der Waals surface area contributed by atoms with Gasteiger partial charge >= 0.3 is 0 Å². The molecule has 0 fully saturated rings. The first kappa shape index (κ1) is 24.6. The lowest BCUT2D eigenvalue weighted by Gasteiger charge is -2.25. The van der Waals surface area contributed by atoms with Gasteiger partial charge in [0.05, 0.1) is 17.4 Å². The predicted octanol–water partition coefficient (Wildman–Crippen LogP) is 4.32. The van der Waals surface area contributed by atoms with Gasteiger partial charge in [0.2, 0.25) is 12.7 Å². The molecule has 0 saturated carbocycles. The van der Waals surface area contributed by atoms with Crippen LogP contribution in [-0.4, -0.2) is 49.9 Å². The second kappa shape index (κ2) is 11.2. The van der Waals surface area contributed by atoms with Crippen LogP contribution in [0.4, 0.5) is 10.1 Å². The van der Waals surface area contributed by atoms with E-state index < -0.39 is 0 Å². The fraction of sp³-hybridized carbons (Fsp3) is 0.231. The summed E-state index contributed by atoms with van der Waals surface area (Å²) in [4.78, 5) is 28.1. The van der Waals surface area contributed by atoms with E-state index in [-0.39, 0.29) is 36.2 Å². The second-order valence-corrected chi connectivity index (χ2v) is 9.16. The van der Waals surface area contributed by atoms with E-state index in [1.165, 1.54) is 23.9 Å². The van der Waals surface area contributed by atoms with Gasteiger partial charge < -0.3 is 25.0 Å². The van der Waals surface area contributed by atoms with Crippen LogP contribution >= 0.6 is 11.8 Å². The van der Waals surface area contributed by atoms with Gasteiger partial charge in [-0.1, -0.05) is 24.3 Å². The van der Waals surface area contributed by atoms with Crippen molar-refractivity contribution >= 4 is 29.3 Å². The number of halogens is 1. The smallest absolute Gasteiger partial charge is 0.252 e. The maximum absolute atomic E-state index is 13.7. The highest BCUT2D eigenvalue weighted by molar-refractivity contribution is 8.00. The van der Waals surface area contributed by atoms with Crippen molar-refractivity contribution in [2.45, 2.75) is 10.9 Å². The lowest BCUT2D eigenvalue weighted by atomic mass is 10.1. The van der Waals surface area contributed by atoms with Gasteiger partial charge in [0, 0.05) is 23.2 Å². The molecule has 1 atom stereocenters. The summed E-state index contributed by atoms with van der Waals surface area (Å²) in [6.45, 7) is 0.470. The van der Waals surface area contributed by atoms with Crippen molar-refractivity contribution in [3.8, 4) is 11.5 Å². The van der Waals surface area contributed by atoms with Crippen molar-refractivity contribution in [1.29, 1.82) is 0 Å². The van der Waals surface area contributed by atoms with Crippen LogP contribution in [0.5, 0.6) is 11.5 Å². The zero-order chi connectivity index (χ0) is 24.8. The first-order chi connectivity index (χ1) is 16.9. The summed E-state index contributed by atoms with van der Waals surface area (Å²) >= 11 is 1.28. The number of carbonyl (C=O) groups excluding carboxylic acids is 2. The molecule has 35 heavy (non-hydrogen) atoms. The quantitative estimate of drug-likeness (QED) is 0.431. The third-order valence-electron chi connectivity index (χ3n) is 5.46. The number of ether oxygens (including phenoxy) is 2. The standard InChI is InChI=1S/C26H26FN3O4S/c1-30(2)21(17-6-5-7-18(27)12-17)14-28-26(32)20-8-3-4-9-24(20)35-15-25(31)29-19-10-11-22-23(13-19)34-16-33-22/h3-13,21H,14-16H2,1-2H3,(H,28,32)(H,29,31)/t21-/m0/s1. The Morgan fingerprint density at radius 1 is 1.03 bits per heavy atom. The van der Waals surface area contributed by atoms with Gasteiger partial charge in [-0.05, 0) is 56.1 Å². The molecule has 0 aromatic heterocycles. The number of anilines is 1. The van der Waals surface area contributed by atoms with E-state index in [4.69, 9.17) is 9.47 Å². The highest BCUT2D eigenvalue weighted by Crippen LogP contribution is 2.34. The van der Waals surface area contributed by atoms with Crippen LogP contribution in [0.2, 0.25) is 0 Å². The minimum Gasteiger partial charge on any atom is -0.454 e. The zero-order valence-corrected chi connectivity index (χ0v) is 20.2. The molecule has 0 aliphatic carbocycles. The predicted molar refractivity (Wildman–Crippen MR) is 134 cm³/mol. The molecule has 0 spiro atoms. The summed E-state index contributed by atoms with van der Waals surface area (Å²) < 4.78 is 24.3. The van der Waals surface area contributed by atoms with Crippen LogP contribution < -0.4 is 20.1 Å². The molecule has 0 saturated heterocycles. The fourth-order valence-corrected chi connectivity index (χ4v) is 4.54. The Kier molecular flexibility index (Phi) is 7.89. The third kappa shape index (κ3) is 6.32. The van der Waals surface area contributed by atoms with E-state index in [9.17, 15) is 14.0 Å². The van der Waals surface area contributed by atoms with E-state index in [1.807, 2.05) is 37.2 Å². The first-order valence-electron chi connectivity index (χ1n) is 11.0. The molecule has 1 heterocycles. The Morgan fingerprint density at radius 3 is 2.63 bits per heavy atom. The van der Waals surface area contributed by atoms with Gasteiger partial charge in [0.25, 0.3) is 5.91 Å². The van der Waals surface area contributed by atoms with Crippen molar-refractivity contribution in [2.24, 2.45) is 0 Å². The monoisotopic (exact) mass is 495 g/mol. The number of fused-ring (bicyclic) bond motifs is 1. The topological polar surface area (TPSA) is 79.9 Å². The number of likely N-dealkylation sites (N-methyl/N-ethyl adjacent to an activating group) is 1. The summed E-state index contributed by atoms with van der Waals surface area (Å²) in [7, 11) is 3.76. The number of amides is 2. The highest BCUT2D eigenvalue weighted by atomic mass is 32.2. The van der Waals surface area contributed by atoms with Crippen molar-refractivity contribution in [1.82, 2.24) is 10.2 Å². The third-order valence-corrected chi connectivity index (χ3v) is 6.53. The van der Waals surface area contributed by atoms with Crippen LogP contribution in [0.25, 0.3) is 0 Å². The lowest BCUT2D eigenvalue weighted by Crippen LogP contribution is -2.34. The van der Waals surface area contributed by atoms with Gasteiger partial charge in [-0.2, -0.15) is 0 Å². The second-order valence-electron chi connectivity index (χ2n) is 8.15. The number of hydrogen-bond donors (Lipinski definition) is 2. The molecule has 0 unspecified atom stereocenters. The maximum atomic E-state index is 13.7. The van der Waals surface area contributed by atoms with Crippen LogP contribution in [-0.2, 0) is 4.79 Å². The van der Waals surface area contributed by atoms with Crippen molar-refractivity contribution in [2.75, 3.05) is 38.5 Å². The molecule has 3 aromatic rings.